The van der Waals surface area contributed by atoms with Gasteiger partial charge in [0.15, 0.2) is 0 Å². The van der Waals surface area contributed by atoms with Crippen molar-refractivity contribution in [1.29, 1.82) is 0 Å². The molecule has 7 heteroatoms. The third-order valence-electron chi connectivity index (χ3n) is 6.23. The summed E-state index contributed by atoms with van der Waals surface area (Å²) in [6, 6.07) is 20.2. The summed E-state index contributed by atoms with van der Waals surface area (Å²) in [6.07, 6.45) is 0.0985. The Kier molecular flexibility index (Phi) is 8.34. The lowest BCUT2D eigenvalue weighted by Gasteiger charge is -2.34. The van der Waals surface area contributed by atoms with Crippen LogP contribution in [0, 0.1) is 5.82 Å². The standard InChI is InChI=1S/C28H32FN3O3/c1-34-25-9-6-21(7-10-25)19-31-12-14-32(15-13-31)20-23-8-11-27(35-2)26(17-23)30-28(33)18-22-4-3-5-24(29)16-22/h3-11,16-17H,12-15,18-20H2,1-2H3,(H,30,33). The first-order valence-corrected chi connectivity index (χ1v) is 11.8. The molecule has 0 unspecified atom stereocenters. The van der Waals surface area contributed by atoms with E-state index < -0.39 is 0 Å². The van der Waals surface area contributed by atoms with Crippen molar-refractivity contribution < 1.29 is 18.7 Å². The van der Waals surface area contributed by atoms with Gasteiger partial charge in [-0.1, -0.05) is 30.3 Å². The molecule has 0 aromatic heterocycles. The molecule has 1 aliphatic rings. The molecule has 1 heterocycles. The third kappa shape index (κ3) is 7.04. The maximum Gasteiger partial charge on any atom is 0.228 e. The lowest BCUT2D eigenvalue weighted by atomic mass is 10.1. The molecule has 0 spiro atoms. The molecule has 4 rings (SSSR count). The summed E-state index contributed by atoms with van der Waals surface area (Å²) in [5.41, 5.74) is 3.65. The van der Waals surface area contributed by atoms with Gasteiger partial charge in [0, 0.05) is 39.3 Å². The molecule has 0 aliphatic carbocycles. The minimum atomic E-state index is -0.348. The van der Waals surface area contributed by atoms with Crippen LogP contribution in [0.15, 0.2) is 66.7 Å². The van der Waals surface area contributed by atoms with E-state index in [1.807, 2.05) is 30.3 Å². The molecule has 1 fully saturated rings. The maximum absolute atomic E-state index is 13.4. The second-order valence-electron chi connectivity index (χ2n) is 8.79. The lowest BCUT2D eigenvalue weighted by molar-refractivity contribution is -0.115. The molecular weight excluding hydrogens is 445 g/mol. The molecule has 3 aromatic rings. The van der Waals surface area contributed by atoms with E-state index in [-0.39, 0.29) is 18.1 Å². The number of anilines is 1. The average Bonchev–Trinajstić information content (AvgIpc) is 2.86. The predicted octanol–water partition coefficient (Wildman–Crippen LogP) is 4.34. The van der Waals surface area contributed by atoms with Crippen molar-refractivity contribution in [2.45, 2.75) is 19.5 Å². The molecular formula is C28H32FN3O3. The monoisotopic (exact) mass is 477 g/mol. The molecule has 184 valence electrons. The molecule has 35 heavy (non-hydrogen) atoms. The molecule has 0 atom stereocenters. The van der Waals surface area contributed by atoms with Gasteiger partial charge < -0.3 is 14.8 Å². The van der Waals surface area contributed by atoms with Crippen LogP contribution in [0.2, 0.25) is 0 Å². The van der Waals surface area contributed by atoms with Crippen LogP contribution in [-0.2, 0) is 24.3 Å². The average molecular weight is 478 g/mol. The molecule has 0 radical (unpaired) electrons. The van der Waals surface area contributed by atoms with E-state index >= 15 is 0 Å². The number of ether oxygens (including phenoxy) is 2. The number of halogens is 1. The number of carbonyl (C=O) groups excluding carboxylic acids is 1. The van der Waals surface area contributed by atoms with E-state index in [0.717, 1.165) is 50.6 Å². The van der Waals surface area contributed by atoms with Crippen LogP contribution in [0.25, 0.3) is 0 Å². The Hall–Kier alpha value is -3.42. The number of benzene rings is 3. The topological polar surface area (TPSA) is 54.0 Å². The van der Waals surface area contributed by atoms with Crippen molar-refractivity contribution in [3.63, 3.8) is 0 Å². The molecule has 6 nitrogen and oxygen atoms in total. The van der Waals surface area contributed by atoms with Gasteiger partial charge in [-0.15, -0.1) is 0 Å². The molecule has 1 amide bonds. The van der Waals surface area contributed by atoms with Gasteiger partial charge in [-0.05, 0) is 53.1 Å². The minimum absolute atomic E-state index is 0.0985. The number of piperazine rings is 1. The first-order chi connectivity index (χ1) is 17.0. The Labute approximate surface area is 206 Å². The molecule has 0 bridgehead atoms. The van der Waals surface area contributed by atoms with Crippen molar-refractivity contribution in [2.24, 2.45) is 0 Å². The van der Waals surface area contributed by atoms with Gasteiger partial charge in [0.25, 0.3) is 0 Å². The number of hydrogen-bond donors (Lipinski definition) is 1. The normalized spacial score (nSPS) is 14.5. The van der Waals surface area contributed by atoms with Crippen molar-refractivity contribution in [1.82, 2.24) is 9.80 Å². The molecule has 0 saturated carbocycles. The zero-order valence-corrected chi connectivity index (χ0v) is 20.3. The highest BCUT2D eigenvalue weighted by molar-refractivity contribution is 5.93. The highest BCUT2D eigenvalue weighted by Gasteiger charge is 2.18. The van der Waals surface area contributed by atoms with Gasteiger partial charge >= 0.3 is 0 Å². The van der Waals surface area contributed by atoms with Gasteiger partial charge in [-0.25, -0.2) is 4.39 Å². The lowest BCUT2D eigenvalue weighted by Crippen LogP contribution is -2.45. The quantitative estimate of drug-likeness (QED) is 0.497. The second-order valence-corrected chi connectivity index (χ2v) is 8.79. The number of methoxy groups -OCH3 is 2. The van der Waals surface area contributed by atoms with Gasteiger partial charge in [-0.2, -0.15) is 0 Å². The molecule has 1 aliphatic heterocycles. The van der Waals surface area contributed by atoms with E-state index in [9.17, 15) is 9.18 Å². The van der Waals surface area contributed by atoms with E-state index in [0.29, 0.717) is 17.0 Å². The number of hydrogen-bond acceptors (Lipinski definition) is 5. The van der Waals surface area contributed by atoms with E-state index in [1.54, 1.807) is 26.4 Å². The molecule has 1 saturated heterocycles. The second kappa shape index (κ2) is 11.8. The fourth-order valence-electron chi connectivity index (χ4n) is 4.33. The molecule has 1 N–H and O–H groups in total. The summed E-state index contributed by atoms with van der Waals surface area (Å²) in [4.78, 5) is 17.5. The SMILES string of the molecule is COc1ccc(CN2CCN(Cc3ccc(OC)c(NC(=O)Cc4cccc(F)c4)c3)CC2)cc1. The van der Waals surface area contributed by atoms with Crippen LogP contribution in [-0.4, -0.2) is 56.1 Å². The number of rotatable bonds is 9. The van der Waals surface area contributed by atoms with Crippen molar-refractivity contribution in [3.05, 3.63) is 89.2 Å². The summed E-state index contributed by atoms with van der Waals surface area (Å²) in [7, 11) is 3.26. The predicted molar refractivity (Wildman–Crippen MR) is 135 cm³/mol. The van der Waals surface area contributed by atoms with Crippen LogP contribution in [0.5, 0.6) is 11.5 Å². The summed E-state index contributed by atoms with van der Waals surface area (Å²) in [6.45, 7) is 5.68. The van der Waals surface area contributed by atoms with Crippen molar-refractivity contribution >= 4 is 11.6 Å². The Morgan fingerprint density at radius 3 is 2.11 bits per heavy atom. The summed E-state index contributed by atoms with van der Waals surface area (Å²) in [5.74, 6) is 0.922. The summed E-state index contributed by atoms with van der Waals surface area (Å²) in [5, 5.41) is 2.93. The third-order valence-corrected chi connectivity index (χ3v) is 6.23. The summed E-state index contributed by atoms with van der Waals surface area (Å²) < 4.78 is 24.1. The Morgan fingerprint density at radius 2 is 1.49 bits per heavy atom. The zero-order chi connectivity index (χ0) is 24.6. The Bertz CT molecular complexity index is 1130. The first-order valence-electron chi connectivity index (χ1n) is 11.8. The zero-order valence-electron chi connectivity index (χ0n) is 20.3. The Balaban J connectivity index is 1.31. The number of nitrogens with one attached hydrogen (secondary N) is 1. The number of carbonyl (C=O) groups is 1. The number of nitrogens with zero attached hydrogens (tertiary/aromatic N) is 2. The van der Waals surface area contributed by atoms with Gasteiger partial charge in [-0.3, -0.25) is 14.6 Å². The van der Waals surface area contributed by atoms with Crippen LogP contribution < -0.4 is 14.8 Å². The van der Waals surface area contributed by atoms with E-state index in [4.69, 9.17) is 9.47 Å². The fourth-order valence-corrected chi connectivity index (χ4v) is 4.33. The van der Waals surface area contributed by atoms with Crippen molar-refractivity contribution in [3.8, 4) is 11.5 Å². The van der Waals surface area contributed by atoms with Crippen LogP contribution in [0.4, 0.5) is 10.1 Å². The van der Waals surface area contributed by atoms with Gasteiger partial charge in [0.1, 0.15) is 17.3 Å². The van der Waals surface area contributed by atoms with E-state index in [2.05, 4.69) is 27.2 Å². The minimum Gasteiger partial charge on any atom is -0.497 e. The van der Waals surface area contributed by atoms with E-state index in [1.165, 1.54) is 17.7 Å². The van der Waals surface area contributed by atoms with Crippen LogP contribution in [0.3, 0.4) is 0 Å². The first kappa shape index (κ1) is 24.7. The van der Waals surface area contributed by atoms with Crippen LogP contribution in [0.1, 0.15) is 16.7 Å². The maximum atomic E-state index is 13.4. The largest absolute Gasteiger partial charge is 0.497 e. The fraction of sp³-hybridized carbons (Fsp3) is 0.321. The molecule has 3 aromatic carbocycles. The highest BCUT2D eigenvalue weighted by atomic mass is 19.1. The number of amides is 1. The van der Waals surface area contributed by atoms with Crippen molar-refractivity contribution in [2.75, 3.05) is 45.7 Å². The van der Waals surface area contributed by atoms with Gasteiger partial charge in [0.05, 0.1) is 26.3 Å². The van der Waals surface area contributed by atoms with Gasteiger partial charge in [0.2, 0.25) is 5.91 Å². The highest BCUT2D eigenvalue weighted by Crippen LogP contribution is 2.27. The smallest absolute Gasteiger partial charge is 0.228 e. The summed E-state index contributed by atoms with van der Waals surface area (Å²) >= 11 is 0. The Morgan fingerprint density at radius 1 is 0.829 bits per heavy atom. The van der Waals surface area contributed by atoms with Crippen LogP contribution >= 0.6 is 0 Å².